The summed E-state index contributed by atoms with van der Waals surface area (Å²) in [6.07, 6.45) is -2.82. The molecule has 2 aromatic rings. The third-order valence-corrected chi connectivity index (χ3v) is 7.38. The standard InChI is InChI=1S/C26H30F3N2O3/c1-14(2)22-20-21(19-17(31-22)11-24(3,4)12-18(19)32)25(7-9-33-10-8-25)34-23(20)16-6-5-15(13-30-16)26(27,28)29/h5-6,13-14,18,23H,7-12H2,1-4H3/q-1/t18?,23-/m1/s1. The van der Waals surface area contributed by atoms with Crippen LogP contribution in [0.2, 0.25) is 0 Å². The average molecular weight is 476 g/mol. The van der Waals surface area contributed by atoms with Crippen LogP contribution in [0, 0.1) is 5.41 Å². The van der Waals surface area contributed by atoms with Gasteiger partial charge in [-0.25, -0.2) is 0 Å². The summed E-state index contributed by atoms with van der Waals surface area (Å²) < 4.78 is 51.8. The zero-order chi connectivity index (χ0) is 24.5. The van der Waals surface area contributed by atoms with Crippen molar-refractivity contribution in [2.75, 3.05) is 13.2 Å². The van der Waals surface area contributed by atoms with Gasteiger partial charge in [-0.3, -0.25) is 9.97 Å². The molecule has 0 N–H and O–H groups in total. The van der Waals surface area contributed by atoms with Gasteiger partial charge in [0, 0.05) is 49.2 Å². The highest BCUT2D eigenvalue weighted by Gasteiger charge is 2.51. The van der Waals surface area contributed by atoms with Gasteiger partial charge in [0.25, 0.3) is 0 Å². The Balaban J connectivity index is 1.74. The molecule has 0 saturated carbocycles. The van der Waals surface area contributed by atoms with Crippen LogP contribution >= 0.6 is 0 Å². The van der Waals surface area contributed by atoms with Crippen LogP contribution in [-0.2, 0) is 27.7 Å². The van der Waals surface area contributed by atoms with Gasteiger partial charge in [0.15, 0.2) is 0 Å². The molecule has 1 aliphatic carbocycles. The number of ether oxygens (including phenoxy) is 2. The first-order valence-corrected chi connectivity index (χ1v) is 11.9. The summed E-state index contributed by atoms with van der Waals surface area (Å²) in [5.74, 6) is 0.0460. The Morgan fingerprint density at radius 3 is 2.41 bits per heavy atom. The van der Waals surface area contributed by atoms with Crippen LogP contribution in [0.25, 0.3) is 0 Å². The molecule has 5 nitrogen and oxygen atoms in total. The van der Waals surface area contributed by atoms with E-state index in [2.05, 4.69) is 18.8 Å². The van der Waals surface area contributed by atoms with Crippen LogP contribution in [0.5, 0.6) is 0 Å². The molecule has 184 valence electrons. The van der Waals surface area contributed by atoms with Crippen molar-refractivity contribution >= 4 is 0 Å². The fourth-order valence-corrected chi connectivity index (χ4v) is 5.84. The Labute approximate surface area is 197 Å². The SMILES string of the molecule is CC(C)c1nc2c(c3c1[C@@H](c1ccc(C(F)(F)F)cn1)OC31CCOCC1)C([O-])CC(C)(C)C2. The first kappa shape index (κ1) is 23.7. The molecule has 3 aliphatic rings. The zero-order valence-corrected chi connectivity index (χ0v) is 20.0. The Morgan fingerprint density at radius 1 is 1.12 bits per heavy atom. The quantitative estimate of drug-likeness (QED) is 0.603. The van der Waals surface area contributed by atoms with Crippen LogP contribution in [0.3, 0.4) is 0 Å². The molecule has 0 amide bonds. The van der Waals surface area contributed by atoms with Crippen LogP contribution < -0.4 is 5.11 Å². The highest BCUT2D eigenvalue weighted by atomic mass is 19.4. The lowest BCUT2D eigenvalue weighted by Crippen LogP contribution is -2.39. The summed E-state index contributed by atoms with van der Waals surface area (Å²) in [6, 6.07) is 2.43. The highest BCUT2D eigenvalue weighted by molar-refractivity contribution is 5.53. The third kappa shape index (κ3) is 3.84. The van der Waals surface area contributed by atoms with E-state index in [1.807, 2.05) is 13.8 Å². The van der Waals surface area contributed by atoms with Crippen molar-refractivity contribution in [2.24, 2.45) is 5.41 Å². The van der Waals surface area contributed by atoms with Crippen LogP contribution in [-0.4, -0.2) is 23.2 Å². The van der Waals surface area contributed by atoms with Crippen molar-refractivity contribution in [1.29, 1.82) is 0 Å². The summed E-state index contributed by atoms with van der Waals surface area (Å²) in [7, 11) is 0. The van der Waals surface area contributed by atoms with Gasteiger partial charge >= 0.3 is 6.18 Å². The molecule has 8 heteroatoms. The molecule has 1 unspecified atom stereocenters. The van der Waals surface area contributed by atoms with Crippen molar-refractivity contribution in [1.82, 2.24) is 9.97 Å². The molecule has 0 aromatic carbocycles. The minimum Gasteiger partial charge on any atom is -0.848 e. The van der Waals surface area contributed by atoms with Gasteiger partial charge in [0.2, 0.25) is 0 Å². The first-order chi connectivity index (χ1) is 15.9. The van der Waals surface area contributed by atoms with Gasteiger partial charge in [0.1, 0.15) is 6.10 Å². The maximum absolute atomic E-state index is 13.6. The lowest BCUT2D eigenvalue weighted by Gasteiger charge is -2.44. The first-order valence-electron chi connectivity index (χ1n) is 11.9. The summed E-state index contributed by atoms with van der Waals surface area (Å²) in [4.78, 5) is 9.20. The minimum atomic E-state index is -4.46. The van der Waals surface area contributed by atoms with Crippen molar-refractivity contribution in [3.63, 3.8) is 0 Å². The van der Waals surface area contributed by atoms with E-state index in [1.165, 1.54) is 6.07 Å². The molecule has 0 radical (unpaired) electrons. The zero-order valence-electron chi connectivity index (χ0n) is 20.0. The predicted octanol–water partition coefficient (Wildman–Crippen LogP) is 5.12. The number of nitrogens with zero attached hydrogens (tertiary/aromatic N) is 2. The molecule has 0 bridgehead atoms. The number of fused-ring (bicyclic) bond motifs is 4. The van der Waals surface area contributed by atoms with Gasteiger partial charge in [-0.1, -0.05) is 40.2 Å². The number of alkyl halides is 3. The van der Waals surface area contributed by atoms with E-state index in [1.54, 1.807) is 0 Å². The second-order valence-corrected chi connectivity index (χ2v) is 10.9. The molecule has 34 heavy (non-hydrogen) atoms. The maximum atomic E-state index is 13.6. The molecule has 1 saturated heterocycles. The molecule has 2 aliphatic heterocycles. The topological polar surface area (TPSA) is 67.3 Å². The molecule has 5 rings (SSSR count). The van der Waals surface area contributed by atoms with E-state index in [-0.39, 0.29) is 11.3 Å². The normalized spacial score (nSPS) is 25.4. The predicted molar refractivity (Wildman–Crippen MR) is 117 cm³/mol. The smallest absolute Gasteiger partial charge is 0.417 e. The van der Waals surface area contributed by atoms with E-state index in [0.29, 0.717) is 44.6 Å². The van der Waals surface area contributed by atoms with E-state index in [4.69, 9.17) is 14.5 Å². The fraction of sp³-hybridized carbons (Fsp3) is 0.615. The highest BCUT2D eigenvalue weighted by Crippen LogP contribution is 2.57. The van der Waals surface area contributed by atoms with E-state index in [0.717, 1.165) is 40.3 Å². The minimum absolute atomic E-state index is 0.0460. The number of halogens is 3. The Hall–Kier alpha value is -2.03. The van der Waals surface area contributed by atoms with Gasteiger partial charge in [-0.2, -0.15) is 13.2 Å². The average Bonchev–Trinajstić information content (AvgIpc) is 3.06. The van der Waals surface area contributed by atoms with Gasteiger partial charge < -0.3 is 14.6 Å². The third-order valence-electron chi connectivity index (χ3n) is 7.38. The van der Waals surface area contributed by atoms with Crippen LogP contribution in [0.4, 0.5) is 13.2 Å². The van der Waals surface area contributed by atoms with E-state index >= 15 is 0 Å². The number of hydrogen-bond acceptors (Lipinski definition) is 5. The van der Waals surface area contributed by atoms with Crippen molar-refractivity contribution in [2.45, 2.75) is 83.3 Å². The van der Waals surface area contributed by atoms with Crippen molar-refractivity contribution < 1.29 is 27.8 Å². The van der Waals surface area contributed by atoms with Crippen molar-refractivity contribution in [3.8, 4) is 0 Å². The summed E-state index contributed by atoms with van der Waals surface area (Å²) >= 11 is 0. The number of hydrogen-bond donors (Lipinski definition) is 0. The second kappa shape index (κ2) is 8.00. The Morgan fingerprint density at radius 2 is 1.82 bits per heavy atom. The van der Waals surface area contributed by atoms with Crippen LogP contribution in [0.15, 0.2) is 18.3 Å². The van der Waals surface area contributed by atoms with Crippen molar-refractivity contribution in [3.05, 3.63) is 57.7 Å². The molecule has 2 aromatic heterocycles. The molecule has 1 spiro atoms. The number of aromatic nitrogens is 2. The number of rotatable bonds is 2. The molecule has 4 heterocycles. The molecule has 2 atom stereocenters. The molecular formula is C26H30F3N2O3-. The second-order valence-electron chi connectivity index (χ2n) is 10.9. The van der Waals surface area contributed by atoms with Gasteiger partial charge in [-0.15, -0.1) is 0 Å². The Bertz CT molecular complexity index is 1090. The maximum Gasteiger partial charge on any atom is 0.417 e. The fourth-order valence-electron chi connectivity index (χ4n) is 5.84. The molecule has 1 fully saturated rings. The van der Waals surface area contributed by atoms with Gasteiger partial charge in [-0.05, 0) is 41.0 Å². The van der Waals surface area contributed by atoms with E-state index in [9.17, 15) is 18.3 Å². The summed E-state index contributed by atoms with van der Waals surface area (Å²) in [5.41, 5.74) is 2.88. The van der Waals surface area contributed by atoms with Gasteiger partial charge in [0.05, 0.1) is 16.9 Å². The van der Waals surface area contributed by atoms with E-state index < -0.39 is 29.5 Å². The largest absolute Gasteiger partial charge is 0.848 e. The summed E-state index contributed by atoms with van der Waals surface area (Å²) in [6.45, 7) is 9.28. The molecular weight excluding hydrogens is 445 g/mol. The Kier molecular flexibility index (Phi) is 5.58. The number of pyridine rings is 2. The lowest BCUT2D eigenvalue weighted by molar-refractivity contribution is -0.434. The lowest BCUT2D eigenvalue weighted by atomic mass is 9.70. The monoisotopic (exact) mass is 475 g/mol. The van der Waals surface area contributed by atoms with Crippen LogP contribution in [0.1, 0.15) is 104 Å². The summed E-state index contributed by atoms with van der Waals surface area (Å²) in [5, 5.41) is 13.6.